The first-order valence-corrected chi connectivity index (χ1v) is 9.71. The Morgan fingerprint density at radius 1 is 1.00 bits per heavy atom. The minimum atomic E-state index is -0.284. The molecule has 1 aliphatic rings. The monoisotopic (exact) mass is 381 g/mol. The Labute approximate surface area is 166 Å². The zero-order valence-corrected chi connectivity index (χ0v) is 16.4. The first-order chi connectivity index (χ1) is 13.6. The molecule has 2 aromatic rings. The van der Waals surface area contributed by atoms with E-state index in [1.165, 1.54) is 0 Å². The number of nitrogens with one attached hydrogen (secondary N) is 1. The number of para-hydroxylation sites is 1. The second-order valence-electron chi connectivity index (χ2n) is 6.80. The van der Waals surface area contributed by atoms with Crippen LogP contribution in [0.5, 0.6) is 0 Å². The quantitative estimate of drug-likeness (QED) is 0.862. The Balaban J connectivity index is 1.62. The number of carbonyl (C=O) groups excluding carboxylic acids is 2. The minimum Gasteiger partial charge on any atom is -0.450 e. The van der Waals surface area contributed by atoms with Gasteiger partial charge in [0.05, 0.1) is 12.6 Å². The molecule has 148 valence electrons. The van der Waals surface area contributed by atoms with E-state index >= 15 is 0 Å². The number of rotatable bonds is 5. The molecular formula is C22H27N3O3. The Morgan fingerprint density at radius 3 is 2.32 bits per heavy atom. The molecule has 0 aromatic heterocycles. The van der Waals surface area contributed by atoms with Crippen LogP contribution in [-0.2, 0) is 9.53 Å². The number of amides is 2. The van der Waals surface area contributed by atoms with E-state index in [1.807, 2.05) is 61.5 Å². The van der Waals surface area contributed by atoms with Crippen LogP contribution in [0.2, 0.25) is 0 Å². The summed E-state index contributed by atoms with van der Waals surface area (Å²) in [6.45, 7) is 6.50. The van der Waals surface area contributed by atoms with Gasteiger partial charge in [-0.25, -0.2) is 4.79 Å². The number of hydrogen-bond donors (Lipinski definition) is 1. The van der Waals surface area contributed by atoms with Gasteiger partial charge in [0.15, 0.2) is 0 Å². The normalized spacial score (nSPS) is 15.7. The maximum absolute atomic E-state index is 12.9. The van der Waals surface area contributed by atoms with Gasteiger partial charge in [0, 0.05) is 37.4 Å². The lowest BCUT2D eigenvalue weighted by Crippen LogP contribution is -2.54. The highest BCUT2D eigenvalue weighted by Gasteiger charge is 2.28. The van der Waals surface area contributed by atoms with Gasteiger partial charge in [-0.1, -0.05) is 48.5 Å². The van der Waals surface area contributed by atoms with Crippen molar-refractivity contribution < 1.29 is 14.3 Å². The van der Waals surface area contributed by atoms with Crippen molar-refractivity contribution in [1.82, 2.24) is 9.80 Å². The summed E-state index contributed by atoms with van der Waals surface area (Å²) >= 11 is 0. The van der Waals surface area contributed by atoms with E-state index < -0.39 is 0 Å². The molecule has 1 aliphatic heterocycles. The van der Waals surface area contributed by atoms with Gasteiger partial charge < -0.3 is 15.0 Å². The van der Waals surface area contributed by atoms with Crippen LogP contribution in [0.15, 0.2) is 54.6 Å². The highest BCUT2D eigenvalue weighted by Crippen LogP contribution is 2.27. The predicted octanol–water partition coefficient (Wildman–Crippen LogP) is 3.45. The van der Waals surface area contributed by atoms with Crippen LogP contribution < -0.4 is 5.32 Å². The Kier molecular flexibility index (Phi) is 6.66. The van der Waals surface area contributed by atoms with E-state index in [1.54, 1.807) is 11.8 Å². The number of ether oxygens (including phenoxy) is 1. The molecule has 28 heavy (non-hydrogen) atoms. The Morgan fingerprint density at radius 2 is 1.64 bits per heavy atom. The van der Waals surface area contributed by atoms with Gasteiger partial charge in [-0.2, -0.15) is 0 Å². The number of piperazine rings is 1. The van der Waals surface area contributed by atoms with Crippen LogP contribution in [0.1, 0.15) is 13.8 Å². The van der Waals surface area contributed by atoms with Crippen LogP contribution in [0.4, 0.5) is 10.5 Å². The number of nitrogens with zero attached hydrogens (tertiary/aromatic N) is 2. The lowest BCUT2D eigenvalue weighted by Gasteiger charge is -2.36. The third kappa shape index (κ3) is 4.70. The molecule has 0 saturated carbocycles. The molecule has 0 spiro atoms. The molecule has 1 N–H and O–H groups in total. The molecule has 6 heteroatoms. The summed E-state index contributed by atoms with van der Waals surface area (Å²) in [6, 6.07) is 17.5. The SMILES string of the molecule is CCOC(=O)N1CCN([C@H](C)C(=O)Nc2ccccc2-c2ccccc2)CC1. The van der Waals surface area contributed by atoms with Crippen molar-refractivity contribution >= 4 is 17.7 Å². The molecular weight excluding hydrogens is 354 g/mol. The van der Waals surface area contributed by atoms with Crippen molar-refractivity contribution in [2.45, 2.75) is 19.9 Å². The number of hydrogen-bond acceptors (Lipinski definition) is 4. The van der Waals surface area contributed by atoms with Crippen LogP contribution in [0.25, 0.3) is 11.1 Å². The molecule has 0 bridgehead atoms. The van der Waals surface area contributed by atoms with Gasteiger partial charge in [0.25, 0.3) is 0 Å². The molecule has 0 aliphatic carbocycles. The van der Waals surface area contributed by atoms with Crippen molar-refractivity contribution in [1.29, 1.82) is 0 Å². The van der Waals surface area contributed by atoms with Crippen molar-refractivity contribution in [3.05, 3.63) is 54.6 Å². The van der Waals surface area contributed by atoms with E-state index in [0.717, 1.165) is 16.8 Å². The maximum Gasteiger partial charge on any atom is 0.409 e. The minimum absolute atomic E-state index is 0.0482. The van der Waals surface area contributed by atoms with Crippen molar-refractivity contribution in [2.24, 2.45) is 0 Å². The fourth-order valence-electron chi connectivity index (χ4n) is 3.37. The van der Waals surface area contributed by atoms with Gasteiger partial charge in [-0.3, -0.25) is 9.69 Å². The molecule has 0 unspecified atom stereocenters. The van der Waals surface area contributed by atoms with Gasteiger partial charge in [-0.15, -0.1) is 0 Å². The van der Waals surface area contributed by atoms with E-state index in [4.69, 9.17) is 4.74 Å². The number of benzene rings is 2. The van der Waals surface area contributed by atoms with E-state index in [9.17, 15) is 9.59 Å². The summed E-state index contributed by atoms with van der Waals surface area (Å²) in [7, 11) is 0. The van der Waals surface area contributed by atoms with Gasteiger partial charge in [-0.05, 0) is 25.5 Å². The molecule has 1 fully saturated rings. The van der Waals surface area contributed by atoms with E-state index in [-0.39, 0.29) is 18.0 Å². The van der Waals surface area contributed by atoms with E-state index in [0.29, 0.717) is 32.8 Å². The molecule has 2 aromatic carbocycles. The van der Waals surface area contributed by atoms with E-state index in [2.05, 4.69) is 10.2 Å². The maximum atomic E-state index is 12.9. The van der Waals surface area contributed by atoms with Crippen molar-refractivity contribution in [3.63, 3.8) is 0 Å². The molecule has 2 amide bonds. The van der Waals surface area contributed by atoms with Gasteiger partial charge in [0.1, 0.15) is 0 Å². The van der Waals surface area contributed by atoms with Gasteiger partial charge in [0.2, 0.25) is 5.91 Å². The number of anilines is 1. The molecule has 1 atom stereocenters. The third-order valence-corrected chi connectivity index (χ3v) is 5.04. The molecule has 1 heterocycles. The first-order valence-electron chi connectivity index (χ1n) is 9.71. The summed E-state index contributed by atoms with van der Waals surface area (Å²) in [5, 5.41) is 3.07. The van der Waals surface area contributed by atoms with Crippen LogP contribution in [0, 0.1) is 0 Å². The fraction of sp³-hybridized carbons (Fsp3) is 0.364. The summed E-state index contributed by atoms with van der Waals surface area (Å²) in [5.41, 5.74) is 2.86. The lowest BCUT2D eigenvalue weighted by atomic mass is 10.0. The molecule has 3 rings (SSSR count). The van der Waals surface area contributed by atoms with Crippen LogP contribution >= 0.6 is 0 Å². The largest absolute Gasteiger partial charge is 0.450 e. The third-order valence-electron chi connectivity index (χ3n) is 5.04. The molecule has 0 radical (unpaired) electrons. The fourth-order valence-corrected chi connectivity index (χ4v) is 3.37. The number of carbonyl (C=O) groups is 2. The summed E-state index contributed by atoms with van der Waals surface area (Å²) in [5.74, 6) is -0.0482. The average molecular weight is 381 g/mol. The van der Waals surface area contributed by atoms with Crippen molar-refractivity contribution in [2.75, 3.05) is 38.1 Å². The Bertz CT molecular complexity index is 802. The predicted molar refractivity (Wildman–Crippen MR) is 110 cm³/mol. The second-order valence-corrected chi connectivity index (χ2v) is 6.80. The average Bonchev–Trinajstić information content (AvgIpc) is 2.74. The smallest absolute Gasteiger partial charge is 0.409 e. The van der Waals surface area contributed by atoms with Crippen molar-refractivity contribution in [3.8, 4) is 11.1 Å². The van der Waals surface area contributed by atoms with Crippen LogP contribution in [-0.4, -0.2) is 60.6 Å². The zero-order valence-electron chi connectivity index (χ0n) is 16.4. The summed E-state index contributed by atoms with van der Waals surface area (Å²) in [4.78, 5) is 28.5. The molecule has 6 nitrogen and oxygen atoms in total. The first kappa shape index (κ1) is 19.9. The molecule has 1 saturated heterocycles. The van der Waals surface area contributed by atoms with Gasteiger partial charge >= 0.3 is 6.09 Å². The summed E-state index contributed by atoms with van der Waals surface area (Å²) < 4.78 is 5.05. The lowest BCUT2D eigenvalue weighted by molar-refractivity contribution is -0.121. The highest BCUT2D eigenvalue weighted by atomic mass is 16.6. The van der Waals surface area contributed by atoms with Crippen LogP contribution in [0.3, 0.4) is 0 Å². The topological polar surface area (TPSA) is 61.9 Å². The second kappa shape index (κ2) is 9.37. The Hall–Kier alpha value is -2.86. The zero-order chi connectivity index (χ0) is 19.9. The summed E-state index contributed by atoms with van der Waals surface area (Å²) in [6.07, 6.45) is -0.281. The highest BCUT2D eigenvalue weighted by molar-refractivity contribution is 5.98. The standard InChI is InChI=1S/C22H27N3O3/c1-3-28-22(27)25-15-13-24(14-16-25)17(2)21(26)23-20-12-8-7-11-19(20)18-9-5-4-6-10-18/h4-12,17H,3,13-16H2,1-2H3,(H,23,26)/t17-/m1/s1.